The molecule has 0 bridgehead atoms. The molecule has 3 rings (SSSR count). The van der Waals surface area contributed by atoms with Crippen LogP contribution in [-0.4, -0.2) is 32.3 Å². The van der Waals surface area contributed by atoms with Crippen LogP contribution in [0.1, 0.15) is 19.3 Å². The van der Waals surface area contributed by atoms with Crippen molar-refractivity contribution in [1.29, 1.82) is 0 Å². The van der Waals surface area contributed by atoms with Crippen LogP contribution in [0.3, 0.4) is 0 Å². The molecule has 2 aliphatic rings. The molecule has 92 valence electrons. The highest BCUT2D eigenvalue weighted by molar-refractivity contribution is 5.71. The van der Waals surface area contributed by atoms with Gasteiger partial charge in [0.2, 0.25) is 0 Å². The Morgan fingerprint density at radius 3 is 3.06 bits per heavy atom. The van der Waals surface area contributed by atoms with E-state index in [1.807, 2.05) is 0 Å². The van der Waals surface area contributed by atoms with Crippen LogP contribution in [0.4, 0.5) is 11.4 Å². The Morgan fingerprint density at radius 1 is 1.24 bits per heavy atom. The van der Waals surface area contributed by atoms with E-state index in [1.54, 1.807) is 0 Å². The molecule has 2 heterocycles. The highest BCUT2D eigenvalue weighted by Gasteiger charge is 2.24. The van der Waals surface area contributed by atoms with Gasteiger partial charge in [-0.25, -0.2) is 0 Å². The lowest BCUT2D eigenvalue weighted by Crippen LogP contribution is -2.41. The molecule has 1 aromatic carbocycles. The second-order valence-corrected chi connectivity index (χ2v) is 4.86. The predicted octanol–water partition coefficient (Wildman–Crippen LogP) is 2.49. The van der Waals surface area contributed by atoms with Gasteiger partial charge in [-0.1, -0.05) is 12.1 Å². The molecule has 0 amide bonds. The van der Waals surface area contributed by atoms with Crippen LogP contribution in [0.2, 0.25) is 0 Å². The molecule has 3 nitrogen and oxygen atoms in total. The van der Waals surface area contributed by atoms with E-state index in [0.29, 0.717) is 6.04 Å². The summed E-state index contributed by atoms with van der Waals surface area (Å²) in [5.74, 6) is 0. The van der Waals surface area contributed by atoms with E-state index < -0.39 is 0 Å². The van der Waals surface area contributed by atoms with Gasteiger partial charge in [-0.05, 0) is 31.4 Å². The smallest absolute Gasteiger partial charge is 0.0670 e. The zero-order valence-corrected chi connectivity index (χ0v) is 10.2. The lowest BCUT2D eigenvalue weighted by molar-refractivity contribution is 0.0793. The summed E-state index contributed by atoms with van der Waals surface area (Å²) in [7, 11) is 0. The third-order valence-electron chi connectivity index (χ3n) is 3.68. The van der Waals surface area contributed by atoms with E-state index >= 15 is 0 Å². The van der Waals surface area contributed by atoms with Gasteiger partial charge in [-0.15, -0.1) is 0 Å². The highest BCUT2D eigenvalue weighted by atomic mass is 16.5. The number of benzene rings is 1. The van der Waals surface area contributed by atoms with Crippen molar-refractivity contribution < 1.29 is 4.74 Å². The van der Waals surface area contributed by atoms with Crippen LogP contribution in [0.5, 0.6) is 0 Å². The number of hydrogen-bond donors (Lipinski definition) is 1. The van der Waals surface area contributed by atoms with Gasteiger partial charge >= 0.3 is 0 Å². The van der Waals surface area contributed by atoms with E-state index in [9.17, 15) is 0 Å². The lowest BCUT2D eigenvalue weighted by Gasteiger charge is -2.35. The number of hydrogen-bond acceptors (Lipinski definition) is 3. The van der Waals surface area contributed by atoms with E-state index in [2.05, 4.69) is 34.5 Å². The minimum Gasteiger partial charge on any atom is -0.383 e. The summed E-state index contributed by atoms with van der Waals surface area (Å²) in [6.07, 6.45) is 3.65. The maximum Gasteiger partial charge on any atom is 0.0670 e. The van der Waals surface area contributed by atoms with Gasteiger partial charge in [0.05, 0.1) is 24.0 Å². The van der Waals surface area contributed by atoms with E-state index in [1.165, 1.54) is 30.6 Å². The van der Waals surface area contributed by atoms with Gasteiger partial charge in [0.15, 0.2) is 0 Å². The van der Waals surface area contributed by atoms with Crippen LogP contribution >= 0.6 is 0 Å². The molecular weight excluding hydrogens is 212 g/mol. The number of ether oxygens (including phenoxy) is 1. The molecule has 0 aliphatic carbocycles. The van der Waals surface area contributed by atoms with Gasteiger partial charge in [-0.3, -0.25) is 0 Å². The van der Waals surface area contributed by atoms with Crippen molar-refractivity contribution in [3.8, 4) is 0 Å². The Morgan fingerprint density at radius 2 is 2.18 bits per heavy atom. The third-order valence-corrected chi connectivity index (χ3v) is 3.68. The monoisotopic (exact) mass is 232 g/mol. The highest BCUT2D eigenvalue weighted by Crippen LogP contribution is 2.31. The van der Waals surface area contributed by atoms with Gasteiger partial charge < -0.3 is 15.0 Å². The molecule has 0 spiro atoms. The van der Waals surface area contributed by atoms with Gasteiger partial charge in [-0.2, -0.15) is 0 Å². The van der Waals surface area contributed by atoms with Gasteiger partial charge in [0.25, 0.3) is 0 Å². The first-order valence-corrected chi connectivity index (χ1v) is 6.62. The van der Waals surface area contributed by atoms with Crippen molar-refractivity contribution in [3.63, 3.8) is 0 Å². The molecule has 0 radical (unpaired) electrons. The summed E-state index contributed by atoms with van der Waals surface area (Å²) in [4.78, 5) is 2.54. The largest absolute Gasteiger partial charge is 0.383 e. The number of rotatable bonds is 1. The van der Waals surface area contributed by atoms with Gasteiger partial charge in [0.1, 0.15) is 0 Å². The first-order chi connectivity index (χ1) is 8.45. The van der Waals surface area contributed by atoms with Crippen molar-refractivity contribution >= 4 is 11.4 Å². The van der Waals surface area contributed by atoms with Crippen molar-refractivity contribution in [2.24, 2.45) is 0 Å². The SMILES string of the molecule is c1ccc2c(c1)NCCCN2C1CCCOC1. The predicted molar refractivity (Wildman–Crippen MR) is 70.7 cm³/mol. The zero-order chi connectivity index (χ0) is 11.5. The number of fused-ring (bicyclic) bond motifs is 1. The van der Waals surface area contributed by atoms with Crippen molar-refractivity contribution in [2.45, 2.75) is 25.3 Å². The van der Waals surface area contributed by atoms with E-state index in [4.69, 9.17) is 4.74 Å². The second-order valence-electron chi connectivity index (χ2n) is 4.86. The minimum atomic E-state index is 0.560. The van der Waals surface area contributed by atoms with Crippen LogP contribution in [0.15, 0.2) is 24.3 Å². The fourth-order valence-corrected chi connectivity index (χ4v) is 2.82. The molecule has 0 saturated carbocycles. The first kappa shape index (κ1) is 10.9. The van der Waals surface area contributed by atoms with Gasteiger partial charge in [0, 0.05) is 19.7 Å². The number of anilines is 2. The Bertz CT molecular complexity index is 374. The fraction of sp³-hybridized carbons (Fsp3) is 0.571. The Labute approximate surface area is 103 Å². The topological polar surface area (TPSA) is 24.5 Å². The molecule has 1 unspecified atom stereocenters. The van der Waals surface area contributed by atoms with Crippen molar-refractivity contribution in [1.82, 2.24) is 0 Å². The number of nitrogens with zero attached hydrogens (tertiary/aromatic N) is 1. The number of para-hydroxylation sites is 2. The Balaban J connectivity index is 1.88. The maximum atomic E-state index is 5.63. The lowest BCUT2D eigenvalue weighted by atomic mass is 10.1. The Hall–Kier alpha value is -1.22. The minimum absolute atomic E-state index is 0.560. The van der Waals surface area contributed by atoms with E-state index in [-0.39, 0.29) is 0 Å². The zero-order valence-electron chi connectivity index (χ0n) is 10.2. The molecule has 1 saturated heterocycles. The molecule has 1 aromatic rings. The summed E-state index contributed by atoms with van der Waals surface area (Å²) in [6, 6.07) is 9.19. The summed E-state index contributed by atoms with van der Waals surface area (Å²) < 4.78 is 5.63. The fourth-order valence-electron chi connectivity index (χ4n) is 2.82. The second kappa shape index (κ2) is 4.96. The summed E-state index contributed by atoms with van der Waals surface area (Å²) >= 11 is 0. The average Bonchev–Trinajstić information content (AvgIpc) is 2.62. The summed E-state index contributed by atoms with van der Waals surface area (Å²) in [6.45, 7) is 4.03. The third kappa shape index (κ3) is 2.25. The Kier molecular flexibility index (Phi) is 3.18. The molecule has 1 N–H and O–H groups in total. The van der Waals surface area contributed by atoms with Crippen LogP contribution in [0, 0.1) is 0 Å². The quantitative estimate of drug-likeness (QED) is 0.805. The summed E-state index contributed by atoms with van der Waals surface area (Å²) in [5, 5.41) is 3.51. The number of nitrogens with one attached hydrogen (secondary N) is 1. The maximum absolute atomic E-state index is 5.63. The first-order valence-electron chi connectivity index (χ1n) is 6.62. The average molecular weight is 232 g/mol. The summed E-state index contributed by atoms with van der Waals surface area (Å²) in [5.41, 5.74) is 2.62. The molecular formula is C14H20N2O. The van der Waals surface area contributed by atoms with Crippen LogP contribution in [0.25, 0.3) is 0 Å². The van der Waals surface area contributed by atoms with Crippen LogP contribution < -0.4 is 10.2 Å². The van der Waals surface area contributed by atoms with Crippen LogP contribution in [-0.2, 0) is 4.74 Å². The normalized spacial score (nSPS) is 24.7. The molecule has 0 aromatic heterocycles. The molecule has 17 heavy (non-hydrogen) atoms. The van der Waals surface area contributed by atoms with Crippen molar-refractivity contribution in [2.75, 3.05) is 36.5 Å². The molecule has 1 fully saturated rings. The van der Waals surface area contributed by atoms with Crippen molar-refractivity contribution in [3.05, 3.63) is 24.3 Å². The standard InChI is InChI=1S/C14H20N2O/c1-2-7-14-13(6-1)15-8-4-9-16(14)12-5-3-10-17-11-12/h1-2,6-7,12,15H,3-5,8-11H2. The molecule has 2 aliphatic heterocycles. The van der Waals surface area contributed by atoms with E-state index in [0.717, 1.165) is 26.3 Å². The molecule has 1 atom stereocenters. The molecule has 3 heteroatoms.